The van der Waals surface area contributed by atoms with Crippen molar-refractivity contribution in [3.05, 3.63) is 29.0 Å². The van der Waals surface area contributed by atoms with Gasteiger partial charge < -0.3 is 5.11 Å². The molecule has 100 valence electrons. The van der Waals surface area contributed by atoms with Crippen molar-refractivity contribution in [1.82, 2.24) is 20.2 Å². The first-order valence-electron chi connectivity index (χ1n) is 5.44. The number of nitrogens with zero attached hydrogens (tertiary/aromatic N) is 4. The molecular weight excluding hydrogens is 275 g/mol. The summed E-state index contributed by atoms with van der Waals surface area (Å²) < 4.78 is 14.7. The Labute approximate surface area is 112 Å². The number of rotatable bonds is 4. The van der Waals surface area contributed by atoms with Gasteiger partial charge in [0.15, 0.2) is 5.82 Å². The third-order valence-corrected chi connectivity index (χ3v) is 2.96. The molecule has 1 aromatic carbocycles. The SMILES string of the molecule is CC(CC(=O)O)n1nnnc1-c1cccc(F)c1Cl. The van der Waals surface area contributed by atoms with Crippen molar-refractivity contribution in [2.24, 2.45) is 0 Å². The molecule has 2 aromatic rings. The van der Waals surface area contributed by atoms with Gasteiger partial charge in [-0.25, -0.2) is 9.07 Å². The molecule has 19 heavy (non-hydrogen) atoms. The van der Waals surface area contributed by atoms with E-state index in [4.69, 9.17) is 16.7 Å². The molecule has 0 aliphatic carbocycles. The number of hydrogen-bond acceptors (Lipinski definition) is 4. The molecule has 0 radical (unpaired) electrons. The number of hydrogen-bond donors (Lipinski definition) is 1. The Hall–Kier alpha value is -2.02. The van der Waals surface area contributed by atoms with Gasteiger partial charge in [-0.3, -0.25) is 4.79 Å². The summed E-state index contributed by atoms with van der Waals surface area (Å²) in [5.74, 6) is -1.32. The Morgan fingerprint density at radius 2 is 2.32 bits per heavy atom. The van der Waals surface area contributed by atoms with Gasteiger partial charge in [0.25, 0.3) is 0 Å². The number of halogens is 2. The van der Waals surface area contributed by atoms with E-state index in [-0.39, 0.29) is 17.3 Å². The molecule has 1 unspecified atom stereocenters. The summed E-state index contributed by atoms with van der Waals surface area (Å²) in [6, 6.07) is 3.81. The zero-order chi connectivity index (χ0) is 14.0. The number of carboxylic acids is 1. The van der Waals surface area contributed by atoms with Crippen molar-refractivity contribution in [3.63, 3.8) is 0 Å². The average Bonchev–Trinajstić information content (AvgIpc) is 2.80. The number of tetrazole rings is 1. The zero-order valence-corrected chi connectivity index (χ0v) is 10.7. The molecule has 0 aliphatic rings. The largest absolute Gasteiger partial charge is 0.481 e. The van der Waals surface area contributed by atoms with Gasteiger partial charge in [0.2, 0.25) is 0 Å². The summed E-state index contributed by atoms with van der Waals surface area (Å²) in [5, 5.41) is 19.7. The minimum absolute atomic E-state index is 0.0962. The molecule has 1 heterocycles. The summed E-state index contributed by atoms with van der Waals surface area (Å²) in [7, 11) is 0. The summed E-state index contributed by atoms with van der Waals surface area (Å²) >= 11 is 5.87. The number of carboxylic acid groups (broad SMARTS) is 1. The van der Waals surface area contributed by atoms with Crippen LogP contribution in [0.2, 0.25) is 5.02 Å². The lowest BCUT2D eigenvalue weighted by Gasteiger charge is -2.11. The van der Waals surface area contributed by atoms with E-state index in [1.165, 1.54) is 16.8 Å². The molecule has 6 nitrogen and oxygen atoms in total. The highest BCUT2D eigenvalue weighted by molar-refractivity contribution is 6.33. The highest BCUT2D eigenvalue weighted by atomic mass is 35.5. The van der Waals surface area contributed by atoms with Gasteiger partial charge in [0, 0.05) is 5.56 Å². The van der Waals surface area contributed by atoms with Gasteiger partial charge in [0.05, 0.1) is 17.5 Å². The first kappa shape index (κ1) is 13.4. The molecule has 0 spiro atoms. The number of benzene rings is 1. The standard InChI is InChI=1S/C11H10ClFN4O2/c1-6(5-9(18)19)17-11(14-15-16-17)7-3-2-4-8(13)10(7)12/h2-4,6H,5H2,1H3,(H,18,19). The molecule has 0 amide bonds. The Balaban J connectivity index is 2.44. The second-order valence-corrected chi connectivity index (χ2v) is 4.37. The monoisotopic (exact) mass is 284 g/mol. The number of carbonyl (C=O) groups is 1. The minimum atomic E-state index is -0.973. The highest BCUT2D eigenvalue weighted by Crippen LogP contribution is 2.29. The Morgan fingerprint density at radius 3 is 3.00 bits per heavy atom. The molecular formula is C11H10ClFN4O2. The lowest BCUT2D eigenvalue weighted by molar-refractivity contribution is -0.137. The average molecular weight is 285 g/mol. The third-order valence-electron chi connectivity index (χ3n) is 2.57. The topological polar surface area (TPSA) is 80.9 Å². The van der Waals surface area contributed by atoms with Crippen LogP contribution in [0.25, 0.3) is 11.4 Å². The lowest BCUT2D eigenvalue weighted by Crippen LogP contribution is -2.13. The summed E-state index contributed by atoms with van der Waals surface area (Å²) in [4.78, 5) is 10.7. The predicted octanol–water partition coefficient (Wildman–Crippen LogP) is 2.17. The summed E-state index contributed by atoms with van der Waals surface area (Å²) in [6.45, 7) is 1.65. The molecule has 0 bridgehead atoms. The molecule has 0 saturated heterocycles. The van der Waals surface area contributed by atoms with E-state index in [2.05, 4.69) is 15.5 Å². The van der Waals surface area contributed by atoms with Crippen LogP contribution in [-0.4, -0.2) is 31.3 Å². The zero-order valence-electron chi connectivity index (χ0n) is 9.92. The van der Waals surface area contributed by atoms with Gasteiger partial charge in [-0.1, -0.05) is 17.7 Å². The van der Waals surface area contributed by atoms with Crippen LogP contribution in [0.15, 0.2) is 18.2 Å². The molecule has 1 N–H and O–H groups in total. The van der Waals surface area contributed by atoms with E-state index in [1.54, 1.807) is 13.0 Å². The fourth-order valence-corrected chi connectivity index (χ4v) is 1.89. The van der Waals surface area contributed by atoms with Gasteiger partial charge in [0.1, 0.15) is 5.82 Å². The number of aromatic nitrogens is 4. The second kappa shape index (κ2) is 5.31. The summed E-state index contributed by atoms with van der Waals surface area (Å²) in [5.41, 5.74) is 0.323. The maximum Gasteiger partial charge on any atom is 0.305 e. The van der Waals surface area contributed by atoms with Crippen LogP contribution in [0.1, 0.15) is 19.4 Å². The van der Waals surface area contributed by atoms with E-state index in [0.717, 1.165) is 0 Å². The molecule has 0 aliphatic heterocycles. The Bertz CT molecular complexity index is 616. The van der Waals surface area contributed by atoms with Crippen LogP contribution in [-0.2, 0) is 4.79 Å². The van der Waals surface area contributed by atoms with Crippen LogP contribution in [0.3, 0.4) is 0 Å². The fourth-order valence-electron chi connectivity index (χ4n) is 1.68. The Morgan fingerprint density at radius 1 is 1.58 bits per heavy atom. The maximum absolute atomic E-state index is 13.4. The van der Waals surface area contributed by atoms with Crippen LogP contribution in [0, 0.1) is 5.82 Å². The van der Waals surface area contributed by atoms with E-state index in [1.807, 2.05) is 0 Å². The first-order chi connectivity index (χ1) is 9.00. The van der Waals surface area contributed by atoms with Crippen molar-refractivity contribution in [2.45, 2.75) is 19.4 Å². The predicted molar refractivity (Wildman–Crippen MR) is 65.2 cm³/mol. The molecule has 8 heteroatoms. The third kappa shape index (κ3) is 2.70. The van der Waals surface area contributed by atoms with E-state index in [9.17, 15) is 9.18 Å². The lowest BCUT2D eigenvalue weighted by atomic mass is 10.2. The molecule has 1 aromatic heterocycles. The molecule has 1 atom stereocenters. The van der Waals surface area contributed by atoms with Crippen molar-refractivity contribution < 1.29 is 14.3 Å². The second-order valence-electron chi connectivity index (χ2n) is 4.00. The van der Waals surface area contributed by atoms with E-state index in [0.29, 0.717) is 5.56 Å². The first-order valence-corrected chi connectivity index (χ1v) is 5.82. The van der Waals surface area contributed by atoms with Gasteiger partial charge in [-0.2, -0.15) is 0 Å². The van der Waals surface area contributed by atoms with Crippen molar-refractivity contribution in [3.8, 4) is 11.4 Å². The molecule has 2 rings (SSSR count). The van der Waals surface area contributed by atoms with Crippen LogP contribution in [0.5, 0.6) is 0 Å². The highest BCUT2D eigenvalue weighted by Gasteiger charge is 2.19. The Kier molecular flexibility index (Phi) is 3.75. The van der Waals surface area contributed by atoms with Gasteiger partial charge in [-0.15, -0.1) is 5.10 Å². The minimum Gasteiger partial charge on any atom is -0.481 e. The van der Waals surface area contributed by atoms with Gasteiger partial charge in [-0.05, 0) is 29.5 Å². The smallest absolute Gasteiger partial charge is 0.305 e. The van der Waals surface area contributed by atoms with Crippen molar-refractivity contribution in [1.29, 1.82) is 0 Å². The van der Waals surface area contributed by atoms with Crippen molar-refractivity contribution in [2.75, 3.05) is 0 Å². The van der Waals surface area contributed by atoms with Crippen LogP contribution in [0.4, 0.5) is 4.39 Å². The molecule has 0 fully saturated rings. The van der Waals surface area contributed by atoms with Crippen LogP contribution >= 0.6 is 11.6 Å². The van der Waals surface area contributed by atoms with Crippen LogP contribution < -0.4 is 0 Å². The van der Waals surface area contributed by atoms with E-state index < -0.39 is 17.8 Å². The maximum atomic E-state index is 13.4. The van der Waals surface area contributed by atoms with E-state index >= 15 is 0 Å². The molecule has 0 saturated carbocycles. The normalized spacial score (nSPS) is 12.4. The van der Waals surface area contributed by atoms with Gasteiger partial charge >= 0.3 is 5.97 Å². The summed E-state index contributed by atoms with van der Waals surface area (Å²) in [6.07, 6.45) is -0.148. The fraction of sp³-hybridized carbons (Fsp3) is 0.273. The number of aliphatic carboxylic acids is 1. The quantitative estimate of drug-likeness (QED) is 0.930. The van der Waals surface area contributed by atoms with Crippen molar-refractivity contribution >= 4 is 17.6 Å².